The Balaban J connectivity index is 2.60. The minimum Gasteiger partial charge on any atom is -0.313 e. The highest BCUT2D eigenvalue weighted by Gasteiger charge is 2.36. The summed E-state index contributed by atoms with van der Waals surface area (Å²) >= 11 is 0. The first kappa shape index (κ1) is 18.3. The molecule has 0 amide bonds. The van der Waals surface area contributed by atoms with Gasteiger partial charge in [0.15, 0.2) is 7.14 Å². The average molecular weight is 350 g/mol. The predicted molar refractivity (Wildman–Crippen MR) is 92.8 cm³/mol. The van der Waals surface area contributed by atoms with Crippen LogP contribution < -0.4 is 5.30 Å². The fourth-order valence-corrected chi connectivity index (χ4v) is 5.30. The molecule has 0 aliphatic rings. The van der Waals surface area contributed by atoms with Crippen LogP contribution >= 0.6 is 7.14 Å². The number of benzene rings is 2. The van der Waals surface area contributed by atoms with Gasteiger partial charge in [-0.2, -0.15) is 13.2 Å². The summed E-state index contributed by atoms with van der Waals surface area (Å²) in [7, 11) is -3.17. The van der Waals surface area contributed by atoms with Crippen molar-refractivity contribution in [1.82, 2.24) is 0 Å². The number of halogens is 3. The number of alkyl halides is 3. The third kappa shape index (κ3) is 3.40. The molecule has 0 unspecified atom stereocenters. The molecule has 0 aliphatic heterocycles. The molecule has 2 rings (SSSR count). The summed E-state index contributed by atoms with van der Waals surface area (Å²) in [5.41, 5.74) is 2.43. The highest BCUT2D eigenvalue weighted by molar-refractivity contribution is 7.81. The molecule has 0 saturated heterocycles. The van der Waals surface area contributed by atoms with Gasteiger partial charge in [0.1, 0.15) is 0 Å². The zero-order valence-electron chi connectivity index (χ0n) is 13.5. The normalized spacial score (nSPS) is 14.1. The molecule has 5 heteroatoms. The van der Waals surface area contributed by atoms with Crippen LogP contribution in [0.4, 0.5) is 13.2 Å². The number of rotatable bonds is 4. The van der Waals surface area contributed by atoms with Crippen LogP contribution in [0, 0.1) is 0 Å². The van der Waals surface area contributed by atoms with Gasteiger partial charge in [-0.25, -0.2) is 0 Å². The molecule has 126 valence electrons. The van der Waals surface area contributed by atoms with E-state index in [2.05, 4.69) is 12.3 Å². The molecular formula is C19H18F3OP. The van der Waals surface area contributed by atoms with Crippen molar-refractivity contribution in [2.45, 2.75) is 25.7 Å². The van der Waals surface area contributed by atoms with Crippen LogP contribution in [-0.4, -0.2) is 5.66 Å². The van der Waals surface area contributed by atoms with Crippen LogP contribution in [0.15, 0.2) is 66.9 Å². The first-order valence-electron chi connectivity index (χ1n) is 7.45. The summed E-state index contributed by atoms with van der Waals surface area (Å²) in [6, 6.07) is 13.6. The van der Waals surface area contributed by atoms with Crippen molar-refractivity contribution in [3.05, 3.63) is 78.0 Å². The Bertz CT molecular complexity index is 799. The lowest BCUT2D eigenvalue weighted by molar-refractivity contribution is -0.137. The zero-order valence-corrected chi connectivity index (χ0v) is 14.4. The molecule has 0 fully saturated rings. The van der Waals surface area contributed by atoms with Gasteiger partial charge in [0.25, 0.3) is 0 Å². The highest BCUT2D eigenvalue weighted by atomic mass is 31.2. The van der Waals surface area contributed by atoms with E-state index < -0.39 is 18.9 Å². The third-order valence-corrected chi connectivity index (χ3v) is 7.45. The quantitative estimate of drug-likeness (QED) is 0.493. The lowest BCUT2D eigenvalue weighted by Gasteiger charge is -2.25. The van der Waals surface area contributed by atoms with E-state index in [1.54, 1.807) is 26.0 Å². The van der Waals surface area contributed by atoms with E-state index in [4.69, 9.17) is 0 Å². The second-order valence-electron chi connectivity index (χ2n) is 5.69. The van der Waals surface area contributed by atoms with Crippen LogP contribution in [0.1, 0.15) is 25.0 Å². The minimum absolute atomic E-state index is 0.293. The Morgan fingerprint density at radius 2 is 1.58 bits per heavy atom. The molecule has 0 bridgehead atoms. The number of hydrogen-bond donors (Lipinski definition) is 0. The van der Waals surface area contributed by atoms with Crippen molar-refractivity contribution in [3.8, 4) is 0 Å². The molecule has 1 atom stereocenters. The molecule has 2 aromatic rings. The Labute approximate surface area is 139 Å². The van der Waals surface area contributed by atoms with Gasteiger partial charge >= 0.3 is 6.18 Å². The van der Waals surface area contributed by atoms with Crippen molar-refractivity contribution in [3.63, 3.8) is 0 Å². The van der Waals surface area contributed by atoms with Crippen LogP contribution in [0.3, 0.4) is 0 Å². The van der Waals surface area contributed by atoms with Crippen molar-refractivity contribution in [2.75, 3.05) is 0 Å². The molecular weight excluding hydrogens is 332 g/mol. The Kier molecular flexibility index (Phi) is 5.22. The molecule has 0 radical (unpaired) electrons. The summed E-state index contributed by atoms with van der Waals surface area (Å²) in [6.07, 6.45) is -4.42. The molecule has 0 aromatic heterocycles. The fraction of sp³-hybridized carbons (Fsp3) is 0.211. The maximum absolute atomic E-state index is 13.8. The van der Waals surface area contributed by atoms with E-state index in [1.165, 1.54) is 12.1 Å². The van der Waals surface area contributed by atoms with E-state index in [0.29, 0.717) is 16.2 Å². The summed E-state index contributed by atoms with van der Waals surface area (Å²) in [6.45, 7) is 7.23. The smallest absolute Gasteiger partial charge is 0.313 e. The second-order valence-corrected chi connectivity index (χ2v) is 9.00. The van der Waals surface area contributed by atoms with Crippen molar-refractivity contribution in [2.24, 2.45) is 0 Å². The molecule has 0 N–H and O–H groups in total. The average Bonchev–Trinajstić information content (AvgIpc) is 2.55. The third-order valence-electron chi connectivity index (χ3n) is 3.85. The van der Waals surface area contributed by atoms with Gasteiger partial charge < -0.3 is 4.57 Å². The summed E-state index contributed by atoms with van der Waals surface area (Å²) < 4.78 is 52.1. The van der Waals surface area contributed by atoms with Crippen molar-refractivity contribution in [1.29, 1.82) is 0 Å². The van der Waals surface area contributed by atoms with E-state index in [-0.39, 0.29) is 5.66 Å². The SMILES string of the molecule is C=C=C(c1ccccc1)[P@@](=O)(c1ccc(C(F)(F)F)cc1)C(C)C. The van der Waals surface area contributed by atoms with Gasteiger partial charge in [-0.1, -0.05) is 62.9 Å². The molecule has 0 saturated carbocycles. The van der Waals surface area contributed by atoms with Gasteiger partial charge in [-0.3, -0.25) is 0 Å². The van der Waals surface area contributed by atoms with E-state index in [9.17, 15) is 17.7 Å². The monoisotopic (exact) mass is 350 g/mol. The van der Waals surface area contributed by atoms with Gasteiger partial charge in [0.2, 0.25) is 0 Å². The Hall–Kier alpha value is -2.02. The van der Waals surface area contributed by atoms with Gasteiger partial charge in [-0.15, -0.1) is 5.73 Å². The largest absolute Gasteiger partial charge is 0.416 e. The van der Waals surface area contributed by atoms with E-state index in [1.807, 2.05) is 18.2 Å². The second kappa shape index (κ2) is 6.84. The summed E-state index contributed by atoms with van der Waals surface area (Å²) in [4.78, 5) is 0. The standard InChI is InChI=1S/C19H18F3OP/c1-4-18(15-8-6-5-7-9-15)24(23,14(2)3)17-12-10-16(11-13-17)19(20,21)22/h5-14H,1H2,2-3H3/t24-/m0/s1. The van der Waals surface area contributed by atoms with E-state index in [0.717, 1.165) is 12.1 Å². The van der Waals surface area contributed by atoms with Gasteiger partial charge in [0.05, 0.1) is 10.9 Å². The van der Waals surface area contributed by atoms with Crippen LogP contribution in [0.5, 0.6) is 0 Å². The lowest BCUT2D eigenvalue weighted by atomic mass is 10.2. The van der Waals surface area contributed by atoms with Gasteiger partial charge in [-0.05, 0) is 17.7 Å². The maximum atomic E-state index is 13.8. The van der Waals surface area contributed by atoms with E-state index >= 15 is 0 Å². The maximum Gasteiger partial charge on any atom is 0.416 e. The minimum atomic E-state index is -4.42. The molecule has 24 heavy (non-hydrogen) atoms. The fourth-order valence-electron chi connectivity index (χ4n) is 2.56. The molecule has 0 aliphatic carbocycles. The topological polar surface area (TPSA) is 17.1 Å². The highest BCUT2D eigenvalue weighted by Crippen LogP contribution is 2.60. The zero-order chi connectivity index (χ0) is 18.0. The Morgan fingerprint density at radius 3 is 2.00 bits per heavy atom. The Morgan fingerprint density at radius 1 is 1.04 bits per heavy atom. The molecule has 2 aromatic carbocycles. The van der Waals surface area contributed by atoms with Crippen molar-refractivity contribution >= 4 is 17.8 Å². The molecule has 0 spiro atoms. The number of hydrogen-bond acceptors (Lipinski definition) is 1. The van der Waals surface area contributed by atoms with Crippen molar-refractivity contribution < 1.29 is 17.7 Å². The predicted octanol–water partition coefficient (Wildman–Crippen LogP) is 5.93. The first-order chi connectivity index (χ1) is 11.2. The lowest BCUT2D eigenvalue weighted by Crippen LogP contribution is -2.15. The summed E-state index contributed by atoms with van der Waals surface area (Å²) in [5, 5.41) is 0.818. The summed E-state index contributed by atoms with van der Waals surface area (Å²) in [5.74, 6) is 0. The molecule has 1 nitrogen and oxygen atoms in total. The first-order valence-corrected chi connectivity index (χ1v) is 9.22. The van der Waals surface area contributed by atoms with Crippen LogP contribution in [0.25, 0.3) is 5.31 Å². The van der Waals surface area contributed by atoms with Crippen LogP contribution in [0.2, 0.25) is 0 Å². The van der Waals surface area contributed by atoms with Crippen LogP contribution in [-0.2, 0) is 10.7 Å². The van der Waals surface area contributed by atoms with Gasteiger partial charge in [0, 0.05) is 11.0 Å². The molecule has 0 heterocycles.